The Kier molecular flexibility index (Phi) is 8.38. The van der Waals surface area contributed by atoms with E-state index in [0.717, 1.165) is 55.4 Å². The molecule has 1 aromatic rings. The Bertz CT molecular complexity index is 574. The molecule has 144 valence electrons. The molecule has 1 fully saturated rings. The monoisotopic (exact) mass is 356 g/mol. The third-order valence-electron chi connectivity index (χ3n) is 5.31. The molecule has 1 aliphatic rings. The molecule has 0 unspecified atom stereocenters. The maximum atomic E-state index is 4.54. The molecular weight excluding hydrogens is 320 g/mol. The van der Waals surface area contributed by atoms with Crippen molar-refractivity contribution < 1.29 is 0 Å². The van der Waals surface area contributed by atoms with Gasteiger partial charge in [0.15, 0.2) is 0 Å². The van der Waals surface area contributed by atoms with Crippen LogP contribution in [0.1, 0.15) is 58.9 Å². The van der Waals surface area contributed by atoms with E-state index in [9.17, 15) is 0 Å². The van der Waals surface area contributed by atoms with E-state index in [0.29, 0.717) is 0 Å². The van der Waals surface area contributed by atoms with Crippen molar-refractivity contribution >= 4 is 5.95 Å². The summed E-state index contributed by atoms with van der Waals surface area (Å²) in [6.45, 7) is 13.2. The maximum Gasteiger partial charge on any atom is 0.225 e. The normalized spacial score (nSPS) is 15.6. The van der Waals surface area contributed by atoms with Crippen LogP contribution in [0, 0.1) is 29.6 Å². The molecule has 0 bridgehead atoms. The summed E-state index contributed by atoms with van der Waals surface area (Å²) >= 11 is 0. The molecule has 0 aliphatic carbocycles. The van der Waals surface area contributed by atoms with Crippen LogP contribution in [0.5, 0.6) is 0 Å². The fraction of sp³-hybridized carbons (Fsp3) is 0.727. The Hall–Kier alpha value is -1.60. The third kappa shape index (κ3) is 6.96. The number of nitrogens with zero attached hydrogens (tertiary/aromatic N) is 4. The molecule has 0 amide bonds. The second kappa shape index (κ2) is 10.5. The standard InChI is InChI=1S/C22H36N4/c1-18(2)8-6-12-25(5)13-7-9-20-16-23-22(24-17-20)26-14-10-21(11-15-26)19(3)4/h16-19,21H,6,8,10-15H2,1-5H3. The van der Waals surface area contributed by atoms with Crippen LogP contribution in [0.25, 0.3) is 0 Å². The quantitative estimate of drug-likeness (QED) is 0.690. The average molecular weight is 357 g/mol. The first-order chi connectivity index (χ1) is 12.5. The topological polar surface area (TPSA) is 32.3 Å². The summed E-state index contributed by atoms with van der Waals surface area (Å²) in [4.78, 5) is 13.7. The number of hydrogen-bond acceptors (Lipinski definition) is 4. The molecule has 0 spiro atoms. The second-order valence-corrected chi connectivity index (χ2v) is 8.42. The number of aromatic nitrogens is 2. The van der Waals surface area contributed by atoms with Crippen molar-refractivity contribution in [1.82, 2.24) is 14.9 Å². The highest BCUT2D eigenvalue weighted by Gasteiger charge is 2.22. The first-order valence-electron chi connectivity index (χ1n) is 10.2. The van der Waals surface area contributed by atoms with Crippen molar-refractivity contribution in [2.45, 2.75) is 53.4 Å². The van der Waals surface area contributed by atoms with Gasteiger partial charge in [-0.3, -0.25) is 4.90 Å². The number of hydrogen-bond donors (Lipinski definition) is 0. The van der Waals surface area contributed by atoms with Gasteiger partial charge in [0.2, 0.25) is 5.95 Å². The van der Waals surface area contributed by atoms with E-state index < -0.39 is 0 Å². The zero-order valence-corrected chi connectivity index (χ0v) is 17.3. The molecule has 0 N–H and O–H groups in total. The fourth-order valence-corrected chi connectivity index (χ4v) is 3.44. The van der Waals surface area contributed by atoms with Crippen molar-refractivity contribution in [1.29, 1.82) is 0 Å². The number of anilines is 1. The lowest BCUT2D eigenvalue weighted by Crippen LogP contribution is -2.36. The van der Waals surface area contributed by atoms with Gasteiger partial charge >= 0.3 is 0 Å². The van der Waals surface area contributed by atoms with Crippen molar-refractivity contribution in [2.75, 3.05) is 38.1 Å². The van der Waals surface area contributed by atoms with Gasteiger partial charge in [-0.15, -0.1) is 0 Å². The number of piperidine rings is 1. The zero-order chi connectivity index (χ0) is 18.9. The summed E-state index contributed by atoms with van der Waals surface area (Å²) < 4.78 is 0. The average Bonchev–Trinajstić information content (AvgIpc) is 2.62. The summed E-state index contributed by atoms with van der Waals surface area (Å²) in [7, 11) is 2.13. The van der Waals surface area contributed by atoms with Crippen LogP contribution >= 0.6 is 0 Å². The summed E-state index contributed by atoms with van der Waals surface area (Å²) in [5, 5.41) is 0. The summed E-state index contributed by atoms with van der Waals surface area (Å²) in [6.07, 6.45) is 8.73. The van der Waals surface area contributed by atoms with Crippen LogP contribution < -0.4 is 4.90 Å². The van der Waals surface area contributed by atoms with E-state index in [-0.39, 0.29) is 0 Å². The Morgan fingerprint density at radius 2 is 1.81 bits per heavy atom. The van der Waals surface area contributed by atoms with Gasteiger partial charge < -0.3 is 4.90 Å². The van der Waals surface area contributed by atoms with Crippen LogP contribution in [0.4, 0.5) is 5.95 Å². The first-order valence-corrected chi connectivity index (χ1v) is 10.2. The fourth-order valence-electron chi connectivity index (χ4n) is 3.44. The van der Waals surface area contributed by atoms with Gasteiger partial charge in [-0.1, -0.05) is 39.5 Å². The Balaban J connectivity index is 1.78. The van der Waals surface area contributed by atoms with Crippen LogP contribution in [0.3, 0.4) is 0 Å². The lowest BCUT2D eigenvalue weighted by atomic mass is 9.87. The minimum Gasteiger partial charge on any atom is -0.341 e. The van der Waals surface area contributed by atoms with Gasteiger partial charge in [0.1, 0.15) is 0 Å². The second-order valence-electron chi connectivity index (χ2n) is 8.42. The van der Waals surface area contributed by atoms with Crippen molar-refractivity contribution in [3.63, 3.8) is 0 Å². The van der Waals surface area contributed by atoms with E-state index in [1.807, 2.05) is 12.4 Å². The highest BCUT2D eigenvalue weighted by molar-refractivity contribution is 5.36. The first kappa shape index (κ1) is 20.7. The number of rotatable bonds is 7. The maximum absolute atomic E-state index is 4.54. The van der Waals surface area contributed by atoms with Crippen LogP contribution in [-0.4, -0.2) is 48.1 Å². The molecule has 1 aliphatic heterocycles. The van der Waals surface area contributed by atoms with E-state index >= 15 is 0 Å². The minimum atomic E-state index is 0.777. The van der Waals surface area contributed by atoms with Crippen molar-refractivity contribution in [2.24, 2.45) is 17.8 Å². The molecular formula is C22H36N4. The molecule has 2 heterocycles. The SMILES string of the molecule is CC(C)CCCN(C)CC#Cc1cnc(N2CCC(C(C)C)CC2)nc1. The predicted octanol–water partition coefficient (Wildman–Crippen LogP) is 4.07. The minimum absolute atomic E-state index is 0.777. The van der Waals surface area contributed by atoms with E-state index in [4.69, 9.17) is 0 Å². The molecule has 4 nitrogen and oxygen atoms in total. The highest BCUT2D eigenvalue weighted by atomic mass is 15.2. The van der Waals surface area contributed by atoms with Crippen LogP contribution in [0.15, 0.2) is 12.4 Å². The largest absolute Gasteiger partial charge is 0.341 e. The molecule has 2 rings (SSSR count). The van der Waals surface area contributed by atoms with E-state index in [1.165, 1.54) is 25.7 Å². The molecule has 0 atom stereocenters. The molecule has 0 radical (unpaired) electrons. The predicted molar refractivity (Wildman–Crippen MR) is 110 cm³/mol. The zero-order valence-electron chi connectivity index (χ0n) is 17.3. The van der Waals surface area contributed by atoms with Gasteiger partial charge in [0.05, 0.1) is 12.1 Å². The lowest BCUT2D eigenvalue weighted by molar-refractivity contribution is 0.310. The van der Waals surface area contributed by atoms with E-state index in [2.05, 4.69) is 66.4 Å². The Labute approximate surface area is 160 Å². The molecule has 0 aromatic carbocycles. The smallest absolute Gasteiger partial charge is 0.225 e. The summed E-state index contributed by atoms with van der Waals surface area (Å²) in [5.74, 6) is 9.68. The third-order valence-corrected chi connectivity index (χ3v) is 5.31. The van der Waals surface area contributed by atoms with Gasteiger partial charge in [-0.25, -0.2) is 9.97 Å². The van der Waals surface area contributed by atoms with Gasteiger partial charge in [0.25, 0.3) is 0 Å². The van der Waals surface area contributed by atoms with Gasteiger partial charge in [-0.2, -0.15) is 0 Å². The molecule has 26 heavy (non-hydrogen) atoms. The van der Waals surface area contributed by atoms with Gasteiger partial charge in [-0.05, 0) is 57.0 Å². The molecule has 1 saturated heterocycles. The van der Waals surface area contributed by atoms with Crippen molar-refractivity contribution in [3.05, 3.63) is 18.0 Å². The van der Waals surface area contributed by atoms with Gasteiger partial charge in [0, 0.05) is 25.5 Å². The Morgan fingerprint density at radius 3 is 2.38 bits per heavy atom. The van der Waals surface area contributed by atoms with Crippen LogP contribution in [0.2, 0.25) is 0 Å². The highest BCUT2D eigenvalue weighted by Crippen LogP contribution is 2.26. The Morgan fingerprint density at radius 1 is 1.15 bits per heavy atom. The van der Waals surface area contributed by atoms with Crippen LogP contribution in [-0.2, 0) is 0 Å². The lowest BCUT2D eigenvalue weighted by Gasteiger charge is -2.33. The summed E-state index contributed by atoms with van der Waals surface area (Å²) in [6, 6.07) is 0. The van der Waals surface area contributed by atoms with Crippen molar-refractivity contribution in [3.8, 4) is 11.8 Å². The summed E-state index contributed by atoms with van der Waals surface area (Å²) in [5.41, 5.74) is 0.904. The van der Waals surface area contributed by atoms with E-state index in [1.54, 1.807) is 0 Å². The molecule has 1 aromatic heterocycles. The molecule has 4 heteroatoms. The molecule has 0 saturated carbocycles.